The molecule has 1 aromatic rings. The van der Waals surface area contributed by atoms with Crippen molar-refractivity contribution < 1.29 is 13.2 Å². The summed E-state index contributed by atoms with van der Waals surface area (Å²) >= 11 is 0. The lowest BCUT2D eigenvalue weighted by Gasteiger charge is -2.10. The molecule has 0 atom stereocenters. The average molecular weight is 205 g/mol. The highest BCUT2D eigenvalue weighted by Gasteiger charge is 2.33. The molecule has 0 unspecified atom stereocenters. The van der Waals surface area contributed by atoms with Crippen LogP contribution in [0.5, 0.6) is 0 Å². The van der Waals surface area contributed by atoms with E-state index < -0.39 is 11.9 Å². The van der Waals surface area contributed by atoms with Crippen LogP contribution in [0, 0.1) is 0 Å². The molecular formula is C8H10F3N3. The predicted molar refractivity (Wildman–Crippen MR) is 45.8 cm³/mol. The molecule has 1 heterocycles. The third-order valence-corrected chi connectivity index (χ3v) is 1.36. The van der Waals surface area contributed by atoms with E-state index in [-0.39, 0.29) is 11.9 Å². The Kier molecular flexibility index (Phi) is 2.93. The zero-order chi connectivity index (χ0) is 10.8. The largest absolute Gasteiger partial charge is 0.434 e. The third kappa shape index (κ3) is 2.86. The van der Waals surface area contributed by atoms with Gasteiger partial charge >= 0.3 is 6.18 Å². The van der Waals surface area contributed by atoms with Gasteiger partial charge in [-0.1, -0.05) is 0 Å². The summed E-state index contributed by atoms with van der Waals surface area (Å²) in [5.41, 5.74) is -0.983. The minimum absolute atomic E-state index is 0.0211. The molecule has 0 aliphatic carbocycles. The molecule has 0 aliphatic heterocycles. The van der Waals surface area contributed by atoms with Crippen molar-refractivity contribution >= 4 is 5.82 Å². The summed E-state index contributed by atoms with van der Waals surface area (Å²) in [5, 5.41) is 2.74. The summed E-state index contributed by atoms with van der Waals surface area (Å²) < 4.78 is 36.5. The van der Waals surface area contributed by atoms with Crippen LogP contribution in [0.2, 0.25) is 0 Å². The molecule has 0 aliphatic rings. The van der Waals surface area contributed by atoms with Crippen LogP contribution in [0.25, 0.3) is 0 Å². The number of nitrogens with zero attached hydrogens (tertiary/aromatic N) is 2. The summed E-state index contributed by atoms with van der Waals surface area (Å²) in [6, 6.07) is 0.0211. The number of aromatic nitrogens is 2. The van der Waals surface area contributed by atoms with Crippen molar-refractivity contribution in [1.29, 1.82) is 0 Å². The van der Waals surface area contributed by atoms with Gasteiger partial charge in [0.15, 0.2) is 5.69 Å². The predicted octanol–water partition coefficient (Wildman–Crippen LogP) is 2.32. The SMILES string of the molecule is CC(C)Nc1cncc(C(F)(F)F)n1. The summed E-state index contributed by atoms with van der Waals surface area (Å²) in [4.78, 5) is 6.84. The number of hydrogen-bond acceptors (Lipinski definition) is 3. The van der Waals surface area contributed by atoms with E-state index in [1.807, 2.05) is 13.8 Å². The van der Waals surface area contributed by atoms with Crippen molar-refractivity contribution in [2.45, 2.75) is 26.1 Å². The quantitative estimate of drug-likeness (QED) is 0.805. The minimum Gasteiger partial charge on any atom is -0.367 e. The van der Waals surface area contributed by atoms with E-state index in [1.54, 1.807) is 0 Å². The average Bonchev–Trinajstić information content (AvgIpc) is 2.01. The van der Waals surface area contributed by atoms with Crippen molar-refractivity contribution in [2.24, 2.45) is 0 Å². The van der Waals surface area contributed by atoms with Crippen molar-refractivity contribution in [3.63, 3.8) is 0 Å². The number of anilines is 1. The first-order valence-corrected chi connectivity index (χ1v) is 4.05. The topological polar surface area (TPSA) is 37.8 Å². The molecule has 0 bridgehead atoms. The Hall–Kier alpha value is -1.33. The van der Waals surface area contributed by atoms with Gasteiger partial charge in [-0.05, 0) is 13.8 Å². The molecule has 0 radical (unpaired) electrons. The molecule has 3 nitrogen and oxygen atoms in total. The first-order chi connectivity index (χ1) is 6.39. The highest BCUT2D eigenvalue weighted by Crippen LogP contribution is 2.27. The molecule has 0 amide bonds. The molecule has 0 spiro atoms. The van der Waals surface area contributed by atoms with E-state index in [0.717, 1.165) is 0 Å². The maximum absolute atomic E-state index is 12.2. The van der Waals surface area contributed by atoms with E-state index in [4.69, 9.17) is 0 Å². The van der Waals surface area contributed by atoms with E-state index in [0.29, 0.717) is 6.20 Å². The van der Waals surface area contributed by atoms with Gasteiger partial charge in [-0.25, -0.2) is 4.98 Å². The van der Waals surface area contributed by atoms with E-state index in [2.05, 4.69) is 15.3 Å². The molecule has 1 aromatic heterocycles. The Balaban J connectivity index is 2.90. The molecule has 1 N–H and O–H groups in total. The first-order valence-electron chi connectivity index (χ1n) is 4.05. The monoisotopic (exact) mass is 205 g/mol. The Bertz CT molecular complexity index is 309. The fraction of sp³-hybridized carbons (Fsp3) is 0.500. The van der Waals surface area contributed by atoms with Crippen LogP contribution < -0.4 is 5.32 Å². The Labute approximate surface area is 79.4 Å². The Morgan fingerprint density at radius 3 is 2.43 bits per heavy atom. The van der Waals surface area contributed by atoms with E-state index in [1.165, 1.54) is 6.20 Å². The van der Waals surface area contributed by atoms with Crippen molar-refractivity contribution in [1.82, 2.24) is 9.97 Å². The van der Waals surface area contributed by atoms with E-state index in [9.17, 15) is 13.2 Å². The molecule has 0 fully saturated rings. The summed E-state index contributed by atoms with van der Waals surface area (Å²) in [6.07, 6.45) is -2.48. The van der Waals surface area contributed by atoms with Crippen LogP contribution in [-0.2, 0) is 6.18 Å². The third-order valence-electron chi connectivity index (χ3n) is 1.36. The van der Waals surface area contributed by atoms with Gasteiger partial charge in [0.1, 0.15) is 5.82 Å². The molecule has 0 saturated carbocycles. The minimum atomic E-state index is -4.44. The molecule has 0 saturated heterocycles. The highest BCUT2D eigenvalue weighted by atomic mass is 19.4. The van der Waals surface area contributed by atoms with Crippen molar-refractivity contribution in [3.8, 4) is 0 Å². The number of rotatable bonds is 2. The van der Waals surface area contributed by atoms with Crippen LogP contribution in [0.1, 0.15) is 19.5 Å². The van der Waals surface area contributed by atoms with E-state index >= 15 is 0 Å². The zero-order valence-corrected chi connectivity index (χ0v) is 7.76. The Morgan fingerprint density at radius 2 is 1.93 bits per heavy atom. The van der Waals surface area contributed by atoms with Crippen LogP contribution in [0.4, 0.5) is 19.0 Å². The lowest BCUT2D eigenvalue weighted by Crippen LogP contribution is -2.15. The van der Waals surface area contributed by atoms with Gasteiger partial charge < -0.3 is 5.32 Å². The van der Waals surface area contributed by atoms with Gasteiger partial charge in [0, 0.05) is 6.04 Å². The molecule has 14 heavy (non-hydrogen) atoms. The molecular weight excluding hydrogens is 195 g/mol. The summed E-state index contributed by atoms with van der Waals surface area (Å²) in [7, 11) is 0. The summed E-state index contributed by atoms with van der Waals surface area (Å²) in [6.45, 7) is 3.61. The second kappa shape index (κ2) is 3.81. The molecule has 6 heteroatoms. The van der Waals surface area contributed by atoms with Crippen LogP contribution in [0.15, 0.2) is 12.4 Å². The van der Waals surface area contributed by atoms with Gasteiger partial charge in [-0.2, -0.15) is 13.2 Å². The summed E-state index contributed by atoms with van der Waals surface area (Å²) in [5.74, 6) is 0.134. The lowest BCUT2D eigenvalue weighted by molar-refractivity contribution is -0.141. The van der Waals surface area contributed by atoms with Gasteiger partial charge in [-0.15, -0.1) is 0 Å². The fourth-order valence-corrected chi connectivity index (χ4v) is 0.868. The maximum atomic E-state index is 12.2. The molecule has 78 valence electrons. The maximum Gasteiger partial charge on any atom is 0.434 e. The van der Waals surface area contributed by atoms with Crippen LogP contribution >= 0.6 is 0 Å². The second-order valence-corrected chi connectivity index (χ2v) is 3.09. The molecule has 1 rings (SSSR count). The number of halogens is 3. The first kappa shape index (κ1) is 10.7. The van der Waals surface area contributed by atoms with Gasteiger partial charge in [-0.3, -0.25) is 4.98 Å². The molecule has 0 aromatic carbocycles. The smallest absolute Gasteiger partial charge is 0.367 e. The van der Waals surface area contributed by atoms with Crippen molar-refractivity contribution in [3.05, 3.63) is 18.1 Å². The van der Waals surface area contributed by atoms with Crippen LogP contribution in [0.3, 0.4) is 0 Å². The number of nitrogens with one attached hydrogen (secondary N) is 1. The second-order valence-electron chi connectivity index (χ2n) is 3.09. The zero-order valence-electron chi connectivity index (χ0n) is 7.76. The number of hydrogen-bond donors (Lipinski definition) is 1. The fourth-order valence-electron chi connectivity index (χ4n) is 0.868. The highest BCUT2D eigenvalue weighted by molar-refractivity contribution is 5.32. The normalized spacial score (nSPS) is 11.9. The van der Waals surface area contributed by atoms with Gasteiger partial charge in [0.2, 0.25) is 0 Å². The lowest BCUT2D eigenvalue weighted by atomic mass is 10.4. The standard InChI is InChI=1S/C8H10F3N3/c1-5(2)13-7-4-12-3-6(14-7)8(9,10)11/h3-5H,1-2H3,(H,13,14). The number of alkyl halides is 3. The van der Waals surface area contributed by atoms with Gasteiger partial charge in [0.05, 0.1) is 12.4 Å². The van der Waals surface area contributed by atoms with Crippen molar-refractivity contribution in [2.75, 3.05) is 5.32 Å². The van der Waals surface area contributed by atoms with Crippen LogP contribution in [-0.4, -0.2) is 16.0 Å². The Morgan fingerprint density at radius 1 is 1.29 bits per heavy atom. The van der Waals surface area contributed by atoms with Gasteiger partial charge in [0.25, 0.3) is 0 Å².